The van der Waals surface area contributed by atoms with Crippen molar-refractivity contribution in [1.29, 1.82) is 0 Å². The van der Waals surface area contributed by atoms with E-state index in [2.05, 4.69) is 9.47 Å². The topological polar surface area (TPSA) is 89.9 Å². The molecule has 1 N–H and O–H groups in total. The quantitative estimate of drug-likeness (QED) is 0.489. The Morgan fingerprint density at radius 1 is 1.07 bits per heavy atom. The highest BCUT2D eigenvalue weighted by molar-refractivity contribution is 5.87. The summed E-state index contributed by atoms with van der Waals surface area (Å²) in [6.45, 7) is 1.21. The van der Waals surface area contributed by atoms with Crippen LogP contribution in [-0.2, 0) is 23.9 Å². The first-order valence-electron chi connectivity index (χ1n) is 4.60. The number of aliphatic hydroxyl groups is 1. The van der Waals surface area contributed by atoms with Gasteiger partial charge in [-0.2, -0.15) is 0 Å². The van der Waals surface area contributed by atoms with Crippen molar-refractivity contribution in [2.24, 2.45) is 0 Å². The summed E-state index contributed by atoms with van der Waals surface area (Å²) in [4.78, 5) is 32.4. The molecular formula is C9H14O6. The summed E-state index contributed by atoms with van der Waals surface area (Å²) < 4.78 is 8.81. The van der Waals surface area contributed by atoms with Crippen LogP contribution in [-0.4, -0.2) is 36.2 Å². The van der Waals surface area contributed by atoms with Gasteiger partial charge >= 0.3 is 17.9 Å². The molecule has 6 nitrogen and oxygen atoms in total. The third kappa shape index (κ3) is 7.63. The molecule has 0 aliphatic carbocycles. The predicted molar refractivity (Wildman–Crippen MR) is 48.7 cm³/mol. The van der Waals surface area contributed by atoms with Gasteiger partial charge in [-0.25, -0.2) is 0 Å². The Kier molecular flexibility index (Phi) is 7.17. The number of carbonyl (C=O) groups excluding carboxylic acids is 3. The van der Waals surface area contributed by atoms with Crippen molar-refractivity contribution in [3.8, 4) is 0 Å². The monoisotopic (exact) mass is 218 g/mol. The Balaban J connectivity index is 3.62. The summed E-state index contributed by atoms with van der Waals surface area (Å²) in [5.41, 5.74) is 0. The smallest absolute Gasteiger partial charge is 0.314 e. The van der Waals surface area contributed by atoms with E-state index in [1.807, 2.05) is 0 Å². The normalized spacial score (nSPS) is 9.47. The summed E-state index contributed by atoms with van der Waals surface area (Å²) in [5, 5.41) is 8.33. The molecule has 6 heteroatoms. The molecule has 0 radical (unpaired) electrons. The first-order valence-corrected chi connectivity index (χ1v) is 4.60. The van der Waals surface area contributed by atoms with Crippen molar-refractivity contribution in [2.45, 2.75) is 26.2 Å². The zero-order valence-corrected chi connectivity index (χ0v) is 8.52. The summed E-state index contributed by atoms with van der Waals surface area (Å²) in [5.74, 6) is -1.98. The number of aliphatic hydroxyl groups excluding tert-OH is 1. The molecule has 0 bridgehead atoms. The van der Waals surface area contributed by atoms with E-state index in [9.17, 15) is 14.4 Å². The SMILES string of the molecule is CCC(=O)OC(=O)CCC(=O)OCCO. The molecule has 0 spiro atoms. The van der Waals surface area contributed by atoms with Gasteiger partial charge in [0.15, 0.2) is 0 Å². The third-order valence-electron chi connectivity index (χ3n) is 1.40. The second-order valence-electron chi connectivity index (χ2n) is 2.64. The van der Waals surface area contributed by atoms with Crippen LogP contribution in [0.4, 0.5) is 0 Å². The van der Waals surface area contributed by atoms with Crippen LogP contribution in [0.3, 0.4) is 0 Å². The van der Waals surface area contributed by atoms with Crippen LogP contribution in [0, 0.1) is 0 Å². The van der Waals surface area contributed by atoms with Crippen LogP contribution in [0.5, 0.6) is 0 Å². The van der Waals surface area contributed by atoms with Gasteiger partial charge in [-0.15, -0.1) is 0 Å². The van der Waals surface area contributed by atoms with Crippen LogP contribution in [0.25, 0.3) is 0 Å². The fourth-order valence-corrected chi connectivity index (χ4v) is 0.686. The predicted octanol–water partition coefficient (Wildman–Crippen LogP) is -0.218. The first kappa shape index (κ1) is 13.6. The van der Waals surface area contributed by atoms with E-state index < -0.39 is 17.9 Å². The van der Waals surface area contributed by atoms with E-state index in [4.69, 9.17) is 5.11 Å². The maximum atomic E-state index is 10.9. The summed E-state index contributed by atoms with van der Waals surface area (Å²) in [7, 11) is 0. The van der Waals surface area contributed by atoms with Crippen LogP contribution < -0.4 is 0 Å². The lowest BCUT2D eigenvalue weighted by atomic mass is 10.3. The number of esters is 3. The number of carbonyl (C=O) groups is 3. The van der Waals surface area contributed by atoms with Gasteiger partial charge < -0.3 is 14.6 Å². The highest BCUT2D eigenvalue weighted by Gasteiger charge is 2.11. The lowest BCUT2D eigenvalue weighted by molar-refractivity contribution is -0.161. The van der Waals surface area contributed by atoms with Gasteiger partial charge in [0.05, 0.1) is 19.4 Å². The standard InChI is InChI=1S/C9H14O6/c1-2-7(11)15-9(13)4-3-8(12)14-6-5-10/h10H,2-6H2,1H3. The molecule has 15 heavy (non-hydrogen) atoms. The van der Waals surface area contributed by atoms with E-state index >= 15 is 0 Å². The molecule has 0 aromatic heterocycles. The summed E-state index contributed by atoms with van der Waals surface area (Å²) >= 11 is 0. The maximum Gasteiger partial charge on any atom is 0.314 e. The third-order valence-corrected chi connectivity index (χ3v) is 1.40. The number of hydrogen-bond donors (Lipinski definition) is 1. The van der Waals surface area contributed by atoms with E-state index in [0.717, 1.165) is 0 Å². The van der Waals surface area contributed by atoms with Crippen molar-refractivity contribution in [3.63, 3.8) is 0 Å². The Labute approximate surface area is 87.2 Å². The van der Waals surface area contributed by atoms with Crippen LogP contribution in [0.1, 0.15) is 26.2 Å². The average molecular weight is 218 g/mol. The maximum absolute atomic E-state index is 10.9. The molecule has 0 saturated carbocycles. The van der Waals surface area contributed by atoms with Gasteiger partial charge in [0.25, 0.3) is 0 Å². The molecule has 0 unspecified atom stereocenters. The molecule has 0 aliphatic heterocycles. The van der Waals surface area contributed by atoms with E-state index in [-0.39, 0.29) is 32.5 Å². The van der Waals surface area contributed by atoms with Gasteiger partial charge in [-0.1, -0.05) is 6.92 Å². The number of rotatable bonds is 6. The van der Waals surface area contributed by atoms with Crippen molar-refractivity contribution < 1.29 is 29.0 Å². The minimum Gasteiger partial charge on any atom is -0.463 e. The molecule has 0 aromatic rings. The van der Waals surface area contributed by atoms with E-state index in [0.29, 0.717) is 0 Å². The van der Waals surface area contributed by atoms with E-state index in [1.165, 1.54) is 0 Å². The Morgan fingerprint density at radius 3 is 2.20 bits per heavy atom. The highest BCUT2D eigenvalue weighted by Crippen LogP contribution is 1.97. The van der Waals surface area contributed by atoms with Crippen molar-refractivity contribution >= 4 is 17.9 Å². The molecule has 0 amide bonds. The number of hydrogen-bond acceptors (Lipinski definition) is 6. The molecule has 0 aromatic carbocycles. The zero-order valence-electron chi connectivity index (χ0n) is 8.52. The zero-order chi connectivity index (χ0) is 11.7. The second kappa shape index (κ2) is 7.93. The molecule has 0 aliphatic rings. The molecular weight excluding hydrogens is 204 g/mol. The van der Waals surface area contributed by atoms with Crippen molar-refractivity contribution in [1.82, 2.24) is 0 Å². The van der Waals surface area contributed by atoms with Gasteiger partial charge in [0.1, 0.15) is 6.61 Å². The summed E-state index contributed by atoms with van der Waals surface area (Å²) in [6, 6.07) is 0. The first-order chi connectivity index (χ1) is 7.10. The Morgan fingerprint density at radius 2 is 1.67 bits per heavy atom. The highest BCUT2D eigenvalue weighted by atomic mass is 16.6. The molecule has 0 fully saturated rings. The van der Waals surface area contributed by atoms with Gasteiger partial charge in [0, 0.05) is 6.42 Å². The lowest BCUT2D eigenvalue weighted by Gasteiger charge is -2.02. The minimum atomic E-state index is -0.747. The van der Waals surface area contributed by atoms with Gasteiger partial charge in [-0.3, -0.25) is 14.4 Å². The van der Waals surface area contributed by atoms with Crippen molar-refractivity contribution in [2.75, 3.05) is 13.2 Å². The van der Waals surface area contributed by atoms with Crippen LogP contribution in [0.15, 0.2) is 0 Å². The molecule has 0 saturated heterocycles. The Hall–Kier alpha value is -1.43. The fourth-order valence-electron chi connectivity index (χ4n) is 0.686. The molecule has 86 valence electrons. The largest absolute Gasteiger partial charge is 0.463 e. The lowest BCUT2D eigenvalue weighted by Crippen LogP contribution is -2.14. The molecule has 0 heterocycles. The second-order valence-corrected chi connectivity index (χ2v) is 2.64. The molecule has 0 rings (SSSR count). The average Bonchev–Trinajstić information content (AvgIpc) is 2.23. The fraction of sp³-hybridized carbons (Fsp3) is 0.667. The van der Waals surface area contributed by atoms with Crippen LogP contribution >= 0.6 is 0 Å². The van der Waals surface area contributed by atoms with Crippen LogP contribution in [0.2, 0.25) is 0 Å². The van der Waals surface area contributed by atoms with Gasteiger partial charge in [-0.05, 0) is 0 Å². The summed E-state index contributed by atoms with van der Waals surface area (Å²) in [6.07, 6.45) is -0.244. The molecule has 0 atom stereocenters. The number of ether oxygens (including phenoxy) is 2. The van der Waals surface area contributed by atoms with Gasteiger partial charge in [0.2, 0.25) is 0 Å². The van der Waals surface area contributed by atoms with Crippen molar-refractivity contribution in [3.05, 3.63) is 0 Å². The van der Waals surface area contributed by atoms with E-state index in [1.54, 1.807) is 6.92 Å². The minimum absolute atomic E-state index is 0.0955. The Bertz CT molecular complexity index is 235.